The number of benzene rings is 1. The molecule has 1 aromatic carbocycles. The molecule has 154 valence electrons. The van der Waals surface area contributed by atoms with Gasteiger partial charge in [-0.05, 0) is 25.3 Å². The highest BCUT2D eigenvalue weighted by Crippen LogP contribution is 2.17. The zero-order valence-electron chi connectivity index (χ0n) is 17.6. The fourth-order valence-corrected chi connectivity index (χ4v) is 3.32. The molecular formula is C25H42O2. The summed E-state index contributed by atoms with van der Waals surface area (Å²) in [5.41, 5.74) is 0.592. The van der Waals surface area contributed by atoms with E-state index in [1.165, 1.54) is 76.2 Å². The third kappa shape index (κ3) is 14.6. The van der Waals surface area contributed by atoms with Gasteiger partial charge in [0, 0.05) is 6.61 Å². The molecule has 0 heterocycles. The Kier molecular flexibility index (Phi) is 14.1. The molecule has 2 heteroatoms. The van der Waals surface area contributed by atoms with Crippen LogP contribution in [0.2, 0.25) is 0 Å². The smallest absolute Gasteiger partial charge is 0.0797 e. The van der Waals surface area contributed by atoms with Crippen molar-refractivity contribution in [2.45, 2.75) is 103 Å². The summed E-state index contributed by atoms with van der Waals surface area (Å²) in [5, 5.41) is 9.85. The molecule has 1 unspecified atom stereocenters. The predicted octanol–water partition coefficient (Wildman–Crippen LogP) is 7.21. The molecule has 0 bridgehead atoms. The Balaban J connectivity index is 1.74. The van der Waals surface area contributed by atoms with Crippen LogP contribution in [0.1, 0.15) is 96.0 Å². The molecule has 0 aliphatic carbocycles. The number of hydrogen-bond donors (Lipinski definition) is 1. The minimum atomic E-state index is -0.673. The van der Waals surface area contributed by atoms with Gasteiger partial charge in [-0.3, -0.25) is 0 Å². The van der Waals surface area contributed by atoms with Crippen LogP contribution in [0.5, 0.6) is 0 Å². The van der Waals surface area contributed by atoms with Crippen molar-refractivity contribution in [2.75, 3.05) is 6.61 Å². The molecule has 0 spiro atoms. The van der Waals surface area contributed by atoms with Crippen LogP contribution in [-0.4, -0.2) is 17.3 Å². The second-order valence-electron chi connectivity index (χ2n) is 8.09. The first-order chi connectivity index (χ1) is 13.1. The summed E-state index contributed by atoms with van der Waals surface area (Å²) < 4.78 is 5.73. The largest absolute Gasteiger partial charge is 0.386 e. The molecular weight excluding hydrogens is 332 g/mol. The topological polar surface area (TPSA) is 29.5 Å². The third-order valence-corrected chi connectivity index (χ3v) is 5.27. The summed E-state index contributed by atoms with van der Waals surface area (Å²) in [6, 6.07) is 10.4. The summed E-state index contributed by atoms with van der Waals surface area (Å²) in [5.74, 6) is 0. The number of aliphatic hydroxyl groups is 1. The Hall–Kier alpha value is -1.12. The van der Waals surface area contributed by atoms with Gasteiger partial charge in [0.05, 0.1) is 12.2 Å². The van der Waals surface area contributed by atoms with Crippen molar-refractivity contribution in [2.24, 2.45) is 0 Å². The van der Waals surface area contributed by atoms with Gasteiger partial charge in [0.25, 0.3) is 0 Å². The van der Waals surface area contributed by atoms with Crippen LogP contribution >= 0.6 is 0 Å². The summed E-state index contributed by atoms with van der Waals surface area (Å²) in [7, 11) is 0. The van der Waals surface area contributed by atoms with E-state index in [1.54, 1.807) is 6.08 Å². The van der Waals surface area contributed by atoms with Crippen molar-refractivity contribution in [3.63, 3.8) is 0 Å². The average Bonchev–Trinajstić information content (AvgIpc) is 2.68. The van der Waals surface area contributed by atoms with E-state index in [2.05, 4.69) is 30.8 Å². The van der Waals surface area contributed by atoms with Gasteiger partial charge < -0.3 is 9.84 Å². The molecule has 1 atom stereocenters. The predicted molar refractivity (Wildman–Crippen MR) is 117 cm³/mol. The van der Waals surface area contributed by atoms with Crippen molar-refractivity contribution in [1.82, 2.24) is 0 Å². The summed E-state index contributed by atoms with van der Waals surface area (Å²) in [6.07, 6.45) is 18.2. The van der Waals surface area contributed by atoms with Crippen LogP contribution in [0.15, 0.2) is 43.0 Å². The van der Waals surface area contributed by atoms with Crippen molar-refractivity contribution >= 4 is 0 Å². The Bertz CT molecular complexity index is 453. The van der Waals surface area contributed by atoms with Gasteiger partial charge in [-0.25, -0.2) is 0 Å². The van der Waals surface area contributed by atoms with Gasteiger partial charge in [-0.1, -0.05) is 107 Å². The van der Waals surface area contributed by atoms with Gasteiger partial charge in [-0.15, -0.1) is 6.58 Å². The molecule has 0 radical (unpaired) electrons. The van der Waals surface area contributed by atoms with Gasteiger partial charge in [-0.2, -0.15) is 0 Å². The second-order valence-corrected chi connectivity index (χ2v) is 8.09. The van der Waals surface area contributed by atoms with E-state index in [0.29, 0.717) is 0 Å². The minimum Gasteiger partial charge on any atom is -0.386 e. The van der Waals surface area contributed by atoms with Gasteiger partial charge in [0.15, 0.2) is 0 Å². The lowest BCUT2D eigenvalue weighted by molar-refractivity contribution is 0.0988. The number of hydrogen-bond acceptors (Lipinski definition) is 2. The molecule has 1 rings (SSSR count). The molecule has 27 heavy (non-hydrogen) atoms. The maximum atomic E-state index is 9.85. The molecule has 2 nitrogen and oxygen atoms in total. The summed E-state index contributed by atoms with van der Waals surface area (Å²) in [4.78, 5) is 0. The zero-order chi connectivity index (χ0) is 19.6. The monoisotopic (exact) mass is 374 g/mol. The Morgan fingerprint density at radius 3 is 1.81 bits per heavy atom. The average molecular weight is 375 g/mol. The van der Waals surface area contributed by atoms with Gasteiger partial charge in [0.2, 0.25) is 0 Å². The Morgan fingerprint density at radius 2 is 1.30 bits per heavy atom. The fraction of sp³-hybridized carbons (Fsp3) is 0.680. The molecule has 0 aromatic heterocycles. The molecule has 1 aromatic rings. The van der Waals surface area contributed by atoms with E-state index >= 15 is 0 Å². The van der Waals surface area contributed by atoms with E-state index in [4.69, 9.17) is 4.74 Å². The van der Waals surface area contributed by atoms with Crippen molar-refractivity contribution < 1.29 is 9.84 Å². The van der Waals surface area contributed by atoms with Gasteiger partial charge >= 0.3 is 0 Å². The maximum absolute atomic E-state index is 9.85. The quantitative estimate of drug-likeness (QED) is 0.217. The Labute approximate surface area is 168 Å². The van der Waals surface area contributed by atoms with Crippen LogP contribution in [0.25, 0.3) is 0 Å². The van der Waals surface area contributed by atoms with E-state index in [1.807, 2.05) is 13.0 Å². The highest BCUT2D eigenvalue weighted by Gasteiger charge is 2.13. The second kappa shape index (κ2) is 15.9. The first-order valence-electron chi connectivity index (χ1n) is 11.1. The molecule has 0 aliphatic rings. The van der Waals surface area contributed by atoms with Crippen LogP contribution in [0.4, 0.5) is 0 Å². The zero-order valence-corrected chi connectivity index (χ0v) is 17.6. The number of ether oxygens (including phenoxy) is 1. The normalized spacial score (nSPS) is 13.4. The fourth-order valence-electron chi connectivity index (χ4n) is 3.32. The standard InChI is InChI=1S/C25H42O2/c1-3-25(2,26)21-17-12-10-8-6-4-5-7-9-11-13-18-22-27-23-24-19-15-14-16-20-24/h3,14-16,19-20,26H,1,4-13,17-18,21-23H2,2H3. The molecule has 0 fully saturated rings. The molecule has 0 aliphatic heterocycles. The molecule has 1 N–H and O–H groups in total. The minimum absolute atomic E-state index is 0.673. The summed E-state index contributed by atoms with van der Waals surface area (Å²) in [6.45, 7) is 7.15. The first-order valence-corrected chi connectivity index (χ1v) is 11.1. The lowest BCUT2D eigenvalue weighted by atomic mass is 9.97. The Morgan fingerprint density at radius 1 is 0.815 bits per heavy atom. The first kappa shape index (κ1) is 23.9. The highest BCUT2D eigenvalue weighted by molar-refractivity contribution is 5.13. The number of unbranched alkanes of at least 4 members (excludes halogenated alkanes) is 11. The SMILES string of the molecule is C=CC(C)(O)CCCCCCCCCCCCCCOCc1ccccc1. The molecule has 0 saturated carbocycles. The number of rotatable bonds is 18. The van der Waals surface area contributed by atoms with Crippen LogP contribution < -0.4 is 0 Å². The van der Waals surface area contributed by atoms with Crippen molar-refractivity contribution in [3.8, 4) is 0 Å². The molecule has 0 amide bonds. The lowest BCUT2D eigenvalue weighted by Gasteiger charge is -2.17. The molecule has 0 saturated heterocycles. The summed E-state index contributed by atoms with van der Waals surface area (Å²) >= 11 is 0. The highest BCUT2D eigenvalue weighted by atomic mass is 16.5. The maximum Gasteiger partial charge on any atom is 0.0797 e. The van der Waals surface area contributed by atoms with E-state index in [9.17, 15) is 5.11 Å². The van der Waals surface area contributed by atoms with Crippen LogP contribution in [0, 0.1) is 0 Å². The van der Waals surface area contributed by atoms with Crippen molar-refractivity contribution in [1.29, 1.82) is 0 Å². The van der Waals surface area contributed by atoms with Crippen LogP contribution in [0.3, 0.4) is 0 Å². The van der Waals surface area contributed by atoms with E-state index < -0.39 is 5.60 Å². The van der Waals surface area contributed by atoms with Crippen LogP contribution in [-0.2, 0) is 11.3 Å². The third-order valence-electron chi connectivity index (χ3n) is 5.27. The van der Waals surface area contributed by atoms with E-state index in [0.717, 1.165) is 26.1 Å². The van der Waals surface area contributed by atoms with Crippen molar-refractivity contribution in [3.05, 3.63) is 48.6 Å². The lowest BCUT2D eigenvalue weighted by Crippen LogP contribution is -2.19. The van der Waals surface area contributed by atoms with E-state index in [-0.39, 0.29) is 0 Å². The van der Waals surface area contributed by atoms with Gasteiger partial charge in [0.1, 0.15) is 0 Å².